The average molecular weight is 500 g/mol. The molecule has 0 spiro atoms. The second-order valence-electron chi connectivity index (χ2n) is 9.20. The molecule has 1 amide bonds. The second-order valence-corrected chi connectivity index (χ2v) is 9.63. The molecule has 1 aromatic carbocycles. The van der Waals surface area contributed by atoms with E-state index in [0.29, 0.717) is 29.3 Å². The number of aromatic nitrogens is 2. The molecule has 0 saturated heterocycles. The fraction of sp³-hybridized carbons (Fsp3) is 0.423. The zero-order valence-electron chi connectivity index (χ0n) is 19.7. The van der Waals surface area contributed by atoms with E-state index < -0.39 is 17.7 Å². The lowest BCUT2D eigenvalue weighted by Crippen LogP contribution is -2.38. The number of nitrogens with two attached hydrogens (primary N) is 1. The average Bonchev–Trinajstić information content (AvgIpc) is 2.84. The number of carbonyl (C=O) groups excluding carboxylic acids is 1. The maximum atomic E-state index is 15.2. The highest BCUT2D eigenvalue weighted by atomic mass is 35.5. The first-order valence-electron chi connectivity index (χ1n) is 11.9. The Morgan fingerprint density at radius 3 is 2.91 bits per heavy atom. The fourth-order valence-electron chi connectivity index (χ4n) is 4.77. The lowest BCUT2D eigenvalue weighted by atomic mass is 9.85. The highest BCUT2D eigenvalue weighted by Crippen LogP contribution is 2.35. The van der Waals surface area contributed by atoms with E-state index in [1.165, 1.54) is 6.08 Å². The van der Waals surface area contributed by atoms with Crippen molar-refractivity contribution in [2.45, 2.75) is 50.2 Å². The fourth-order valence-corrected chi connectivity index (χ4v) is 4.97. The van der Waals surface area contributed by atoms with Crippen molar-refractivity contribution in [1.82, 2.24) is 20.6 Å². The van der Waals surface area contributed by atoms with E-state index in [2.05, 4.69) is 20.6 Å². The minimum absolute atomic E-state index is 0.0951. The van der Waals surface area contributed by atoms with E-state index >= 15 is 4.39 Å². The van der Waals surface area contributed by atoms with E-state index in [0.717, 1.165) is 30.5 Å². The van der Waals surface area contributed by atoms with Gasteiger partial charge >= 0.3 is 0 Å². The van der Waals surface area contributed by atoms with Gasteiger partial charge in [0.15, 0.2) is 0 Å². The van der Waals surface area contributed by atoms with Crippen LogP contribution in [0, 0.1) is 5.92 Å². The van der Waals surface area contributed by atoms with Crippen molar-refractivity contribution < 1.29 is 14.3 Å². The molecule has 4 rings (SSSR count). The predicted octanol–water partition coefficient (Wildman–Crippen LogP) is 4.06. The van der Waals surface area contributed by atoms with Crippen LogP contribution in [0.5, 0.6) is 0 Å². The van der Waals surface area contributed by atoms with Crippen LogP contribution in [0.1, 0.15) is 61.0 Å². The quantitative estimate of drug-likeness (QED) is 0.457. The van der Waals surface area contributed by atoms with Crippen molar-refractivity contribution in [3.05, 3.63) is 70.4 Å². The van der Waals surface area contributed by atoms with Crippen LogP contribution in [0.4, 0.5) is 10.2 Å². The van der Waals surface area contributed by atoms with Gasteiger partial charge in [0.25, 0.3) is 0 Å². The number of halogens is 2. The van der Waals surface area contributed by atoms with E-state index in [4.69, 9.17) is 17.3 Å². The van der Waals surface area contributed by atoms with Crippen LogP contribution in [0.2, 0.25) is 5.02 Å². The Bertz CT molecular complexity index is 1140. The second kappa shape index (κ2) is 11.3. The van der Waals surface area contributed by atoms with Crippen molar-refractivity contribution in [3.8, 4) is 0 Å². The zero-order chi connectivity index (χ0) is 24.9. The molecule has 2 aliphatic rings. The molecular weight excluding hydrogens is 469 g/mol. The molecule has 186 valence electrons. The van der Waals surface area contributed by atoms with Gasteiger partial charge in [0.05, 0.1) is 30.0 Å². The Balaban J connectivity index is 1.49. The van der Waals surface area contributed by atoms with Gasteiger partial charge in [-0.2, -0.15) is 0 Å². The molecule has 5 N–H and O–H groups in total. The van der Waals surface area contributed by atoms with Crippen molar-refractivity contribution in [3.63, 3.8) is 0 Å². The number of nitrogen functional groups attached to an aromatic ring is 1. The summed E-state index contributed by atoms with van der Waals surface area (Å²) in [6.07, 6.45) is 7.83. The predicted molar refractivity (Wildman–Crippen MR) is 135 cm³/mol. The molecular formula is C26H31ClFN5O2. The molecule has 3 unspecified atom stereocenters. The van der Waals surface area contributed by atoms with Gasteiger partial charge in [0.1, 0.15) is 17.3 Å². The first kappa shape index (κ1) is 25.3. The van der Waals surface area contributed by atoms with Crippen molar-refractivity contribution in [1.29, 1.82) is 0 Å². The van der Waals surface area contributed by atoms with Gasteiger partial charge in [-0.1, -0.05) is 36.2 Å². The number of rotatable bonds is 7. The smallest absolute Gasteiger partial charge is 0.230 e. The van der Waals surface area contributed by atoms with Crippen LogP contribution in [-0.4, -0.2) is 40.7 Å². The Hall–Kier alpha value is -2.81. The number of nitrogens with one attached hydrogen (secondary N) is 2. The lowest BCUT2D eigenvalue weighted by Gasteiger charge is -2.26. The van der Waals surface area contributed by atoms with E-state index in [1.54, 1.807) is 31.5 Å². The number of aliphatic hydroxyl groups is 1. The van der Waals surface area contributed by atoms with Crippen LogP contribution in [-0.2, 0) is 4.79 Å². The highest BCUT2D eigenvalue weighted by Gasteiger charge is 2.29. The summed E-state index contributed by atoms with van der Waals surface area (Å²) >= 11 is 6.11. The molecule has 1 heterocycles. The van der Waals surface area contributed by atoms with E-state index in [1.807, 2.05) is 12.1 Å². The monoisotopic (exact) mass is 499 g/mol. The maximum Gasteiger partial charge on any atom is 0.230 e. The normalized spacial score (nSPS) is 23.3. The minimum atomic E-state index is -0.942. The summed E-state index contributed by atoms with van der Waals surface area (Å²) in [4.78, 5) is 22.0. The summed E-state index contributed by atoms with van der Waals surface area (Å²) < 4.78 is 15.2. The van der Waals surface area contributed by atoms with Crippen LogP contribution in [0.3, 0.4) is 0 Å². The Labute approximate surface area is 209 Å². The third-order valence-electron chi connectivity index (χ3n) is 6.65. The molecule has 2 aromatic rings. The number of allylic oxidation sites excluding steroid dienone is 3. The molecule has 35 heavy (non-hydrogen) atoms. The van der Waals surface area contributed by atoms with Gasteiger partial charge in [-0.15, -0.1) is 0 Å². The number of aliphatic hydroxyl groups excluding tert-OH is 1. The van der Waals surface area contributed by atoms with Gasteiger partial charge in [-0.3, -0.25) is 4.79 Å². The van der Waals surface area contributed by atoms with Crippen molar-refractivity contribution in [2.24, 2.45) is 5.92 Å². The highest BCUT2D eigenvalue weighted by molar-refractivity contribution is 6.30. The number of amides is 1. The number of anilines is 1. The first-order valence-corrected chi connectivity index (χ1v) is 12.3. The standard InChI is InChI=1S/C26H31ClFN5O2/c1-30-13-22(15-4-2-6-18(27)10-15)33-26(35)20-9-8-17(12-21(20)28)24-25(29)31-14-23(32-24)16-5-3-7-19(34)11-16/h2,4,6,8,10,12,14,16,19-20,22,30,34H,3,5,7,9,11,13H2,1H3,(H2,29,31)(H,33,35)/t16?,19?,20-,22?/m1/s1. The number of hydrogen-bond acceptors (Lipinski definition) is 6. The van der Waals surface area contributed by atoms with Gasteiger partial charge in [-0.25, -0.2) is 14.4 Å². The number of carbonyl (C=O) groups is 1. The number of hydrogen-bond donors (Lipinski definition) is 4. The van der Waals surface area contributed by atoms with E-state index in [-0.39, 0.29) is 30.3 Å². The maximum absolute atomic E-state index is 15.2. The van der Waals surface area contributed by atoms with Crippen molar-refractivity contribution >= 4 is 28.9 Å². The molecule has 2 aliphatic carbocycles. The van der Waals surface area contributed by atoms with Crippen molar-refractivity contribution in [2.75, 3.05) is 19.3 Å². The van der Waals surface area contributed by atoms with E-state index in [9.17, 15) is 9.90 Å². The molecule has 4 atom stereocenters. The Morgan fingerprint density at radius 1 is 1.37 bits per heavy atom. The van der Waals surface area contributed by atoms with Gasteiger partial charge in [0.2, 0.25) is 5.91 Å². The van der Waals surface area contributed by atoms with Gasteiger partial charge in [0, 0.05) is 23.1 Å². The molecule has 9 heteroatoms. The topological polar surface area (TPSA) is 113 Å². The molecule has 7 nitrogen and oxygen atoms in total. The molecule has 1 fully saturated rings. The molecule has 0 radical (unpaired) electrons. The summed E-state index contributed by atoms with van der Waals surface area (Å²) in [5, 5.41) is 16.6. The summed E-state index contributed by atoms with van der Waals surface area (Å²) in [5.74, 6) is -1.59. The summed E-state index contributed by atoms with van der Waals surface area (Å²) in [6, 6.07) is 6.89. The lowest BCUT2D eigenvalue weighted by molar-refractivity contribution is -0.125. The largest absolute Gasteiger partial charge is 0.393 e. The third kappa shape index (κ3) is 6.07. The molecule has 0 aliphatic heterocycles. The Kier molecular flexibility index (Phi) is 8.15. The Morgan fingerprint density at radius 2 is 2.20 bits per heavy atom. The minimum Gasteiger partial charge on any atom is -0.393 e. The number of nitrogens with zero attached hydrogens (tertiary/aromatic N) is 2. The van der Waals surface area contributed by atoms with Crippen LogP contribution < -0.4 is 16.4 Å². The summed E-state index contributed by atoms with van der Waals surface area (Å²) in [6.45, 7) is 0.472. The van der Waals surface area contributed by atoms with Crippen LogP contribution >= 0.6 is 11.6 Å². The van der Waals surface area contributed by atoms with Crippen LogP contribution in [0.15, 0.2) is 48.4 Å². The number of benzene rings is 1. The van der Waals surface area contributed by atoms with Gasteiger partial charge < -0.3 is 21.5 Å². The molecule has 0 bridgehead atoms. The number of likely N-dealkylation sites (N-methyl/N-ethyl adjacent to an activating group) is 1. The molecule has 1 aromatic heterocycles. The summed E-state index contributed by atoms with van der Waals surface area (Å²) in [5.41, 5.74) is 8.58. The first-order chi connectivity index (χ1) is 16.9. The van der Waals surface area contributed by atoms with Crippen LogP contribution in [0.25, 0.3) is 5.57 Å². The zero-order valence-corrected chi connectivity index (χ0v) is 20.4. The third-order valence-corrected chi connectivity index (χ3v) is 6.88. The van der Waals surface area contributed by atoms with Gasteiger partial charge in [-0.05, 0) is 56.5 Å². The SMILES string of the molecule is CNCC(NC(=O)[C@@H]1CC=C(c2nc(C3CCCC(O)C3)cnc2N)C=C1F)c1cccc(Cl)c1. The molecule has 1 saturated carbocycles. The summed E-state index contributed by atoms with van der Waals surface area (Å²) in [7, 11) is 1.79.